The highest BCUT2D eigenvalue weighted by Crippen LogP contribution is 2.39. The van der Waals surface area contributed by atoms with Gasteiger partial charge in [-0.15, -0.1) is 0 Å². The molecule has 0 unspecified atom stereocenters. The summed E-state index contributed by atoms with van der Waals surface area (Å²) in [5, 5.41) is 10.3. The molecule has 0 aliphatic carbocycles. The molecule has 1 heteroatoms. The second kappa shape index (κ2) is 9.44. The lowest BCUT2D eigenvalue weighted by atomic mass is 9.90. The molecule has 0 aliphatic heterocycles. The third-order valence-electron chi connectivity index (χ3n) is 8.96. The minimum atomic E-state index is 1.17. The van der Waals surface area contributed by atoms with Crippen LogP contribution >= 0.6 is 0 Å². The zero-order valence-corrected chi connectivity index (χ0v) is 23.5. The zero-order valence-electron chi connectivity index (χ0n) is 23.5. The molecule has 8 aromatic carbocycles. The van der Waals surface area contributed by atoms with E-state index in [-0.39, 0.29) is 0 Å². The number of para-hydroxylation sites is 2. The standard InChI is InChI=1S/C42H27N/c1-2-11-28(12-3-1)30-21-23-35-33-15-4-5-16-34(33)36-24-22-31(27-40(36)39(35)26-30)29-13-10-14-32(25-29)43-41-19-8-6-17-37(41)38-18-7-9-20-42(38)43/h1-27H. The van der Waals surface area contributed by atoms with Gasteiger partial charge in [0.1, 0.15) is 0 Å². The van der Waals surface area contributed by atoms with Crippen LogP contribution in [-0.2, 0) is 0 Å². The van der Waals surface area contributed by atoms with Crippen LogP contribution in [0.3, 0.4) is 0 Å². The summed E-state index contributed by atoms with van der Waals surface area (Å²) in [4.78, 5) is 0. The third kappa shape index (κ3) is 3.72. The van der Waals surface area contributed by atoms with Gasteiger partial charge in [0.05, 0.1) is 11.0 Å². The van der Waals surface area contributed by atoms with Gasteiger partial charge in [0.2, 0.25) is 0 Å². The van der Waals surface area contributed by atoms with Gasteiger partial charge in [-0.05, 0) is 91.0 Å². The van der Waals surface area contributed by atoms with Crippen LogP contribution < -0.4 is 0 Å². The fourth-order valence-corrected chi connectivity index (χ4v) is 6.97. The molecule has 0 N–H and O–H groups in total. The van der Waals surface area contributed by atoms with Crippen molar-refractivity contribution in [2.24, 2.45) is 0 Å². The van der Waals surface area contributed by atoms with Crippen LogP contribution in [0.5, 0.6) is 0 Å². The molecule has 0 spiro atoms. The van der Waals surface area contributed by atoms with Crippen molar-refractivity contribution in [2.75, 3.05) is 0 Å². The molecule has 43 heavy (non-hydrogen) atoms. The topological polar surface area (TPSA) is 4.93 Å². The Kier molecular flexibility index (Phi) is 5.27. The molecule has 0 fully saturated rings. The Labute approximate surface area is 249 Å². The Bertz CT molecular complexity index is 2450. The van der Waals surface area contributed by atoms with Crippen molar-refractivity contribution < 1.29 is 0 Å². The minimum Gasteiger partial charge on any atom is -0.309 e. The van der Waals surface area contributed by atoms with Gasteiger partial charge in [-0.25, -0.2) is 0 Å². The number of fused-ring (bicyclic) bond motifs is 9. The maximum Gasteiger partial charge on any atom is 0.0541 e. The number of benzene rings is 8. The first-order chi connectivity index (χ1) is 21.3. The third-order valence-corrected chi connectivity index (χ3v) is 8.96. The number of hydrogen-bond donors (Lipinski definition) is 0. The Morgan fingerprint density at radius 2 is 0.698 bits per heavy atom. The van der Waals surface area contributed by atoms with Crippen LogP contribution in [0.15, 0.2) is 164 Å². The molecular weight excluding hydrogens is 518 g/mol. The van der Waals surface area contributed by atoms with Crippen molar-refractivity contribution in [3.8, 4) is 27.9 Å². The molecule has 0 amide bonds. The van der Waals surface area contributed by atoms with Gasteiger partial charge < -0.3 is 4.57 Å². The summed E-state index contributed by atoms with van der Waals surface area (Å²) in [6.07, 6.45) is 0. The van der Waals surface area contributed by atoms with Gasteiger partial charge >= 0.3 is 0 Å². The van der Waals surface area contributed by atoms with Gasteiger partial charge in [-0.1, -0.05) is 127 Å². The monoisotopic (exact) mass is 545 g/mol. The maximum absolute atomic E-state index is 2.39. The molecule has 9 aromatic rings. The summed E-state index contributed by atoms with van der Waals surface area (Å²) in [5.74, 6) is 0. The quantitative estimate of drug-likeness (QED) is 0.195. The highest BCUT2D eigenvalue weighted by Gasteiger charge is 2.14. The summed E-state index contributed by atoms with van der Waals surface area (Å²) in [6.45, 7) is 0. The van der Waals surface area contributed by atoms with Crippen molar-refractivity contribution in [3.63, 3.8) is 0 Å². The van der Waals surface area contributed by atoms with Crippen LogP contribution in [-0.4, -0.2) is 4.57 Å². The fourth-order valence-electron chi connectivity index (χ4n) is 6.97. The van der Waals surface area contributed by atoms with E-state index in [4.69, 9.17) is 0 Å². The molecule has 9 rings (SSSR count). The smallest absolute Gasteiger partial charge is 0.0541 e. The fraction of sp³-hybridized carbons (Fsp3) is 0. The van der Waals surface area contributed by atoms with E-state index in [1.165, 1.54) is 82.1 Å². The average Bonchev–Trinajstić information content (AvgIpc) is 3.43. The lowest BCUT2D eigenvalue weighted by Crippen LogP contribution is -1.94. The van der Waals surface area contributed by atoms with E-state index in [1.54, 1.807) is 0 Å². The molecule has 0 aliphatic rings. The van der Waals surface area contributed by atoms with E-state index in [0.29, 0.717) is 0 Å². The minimum absolute atomic E-state index is 1.17. The summed E-state index contributed by atoms with van der Waals surface area (Å²) in [6, 6.07) is 59.8. The highest BCUT2D eigenvalue weighted by atomic mass is 15.0. The summed E-state index contributed by atoms with van der Waals surface area (Å²) >= 11 is 0. The Balaban J connectivity index is 1.28. The second-order valence-corrected chi connectivity index (χ2v) is 11.4. The van der Waals surface area contributed by atoms with Gasteiger partial charge in [0.15, 0.2) is 0 Å². The van der Waals surface area contributed by atoms with Crippen LogP contribution in [0.1, 0.15) is 0 Å². The number of aromatic nitrogens is 1. The largest absolute Gasteiger partial charge is 0.309 e. The molecule has 0 bridgehead atoms. The van der Waals surface area contributed by atoms with Crippen molar-refractivity contribution >= 4 is 54.1 Å². The van der Waals surface area contributed by atoms with Gasteiger partial charge in [0, 0.05) is 16.5 Å². The van der Waals surface area contributed by atoms with Gasteiger partial charge in [0.25, 0.3) is 0 Å². The highest BCUT2D eigenvalue weighted by molar-refractivity contribution is 6.26. The normalized spacial score (nSPS) is 11.7. The van der Waals surface area contributed by atoms with E-state index in [2.05, 4.69) is 168 Å². The maximum atomic E-state index is 2.39. The second-order valence-electron chi connectivity index (χ2n) is 11.4. The van der Waals surface area contributed by atoms with E-state index in [1.807, 2.05) is 0 Å². The molecule has 1 heterocycles. The van der Waals surface area contributed by atoms with E-state index in [0.717, 1.165) is 0 Å². The van der Waals surface area contributed by atoms with Crippen LogP contribution in [0, 0.1) is 0 Å². The van der Waals surface area contributed by atoms with Crippen molar-refractivity contribution in [3.05, 3.63) is 164 Å². The summed E-state index contributed by atoms with van der Waals surface area (Å²) in [5.41, 5.74) is 8.53. The first-order valence-electron chi connectivity index (χ1n) is 14.9. The first-order valence-corrected chi connectivity index (χ1v) is 14.9. The molecule has 0 saturated carbocycles. The Morgan fingerprint density at radius 1 is 0.256 bits per heavy atom. The van der Waals surface area contributed by atoms with Crippen molar-refractivity contribution in [2.45, 2.75) is 0 Å². The summed E-state index contributed by atoms with van der Waals surface area (Å²) in [7, 11) is 0. The number of hydrogen-bond acceptors (Lipinski definition) is 0. The molecule has 0 saturated heterocycles. The van der Waals surface area contributed by atoms with Crippen LogP contribution in [0.4, 0.5) is 0 Å². The SMILES string of the molecule is c1ccc(-c2ccc3c4ccccc4c4ccc(-c5cccc(-n6c7ccccc7c7ccccc76)c5)cc4c3c2)cc1. The molecule has 1 aromatic heterocycles. The van der Waals surface area contributed by atoms with E-state index >= 15 is 0 Å². The number of nitrogens with zero attached hydrogens (tertiary/aromatic N) is 1. The molecule has 0 atom stereocenters. The van der Waals surface area contributed by atoms with E-state index in [9.17, 15) is 0 Å². The molecule has 200 valence electrons. The lowest BCUT2D eigenvalue weighted by Gasteiger charge is -2.14. The van der Waals surface area contributed by atoms with Gasteiger partial charge in [-0.2, -0.15) is 0 Å². The van der Waals surface area contributed by atoms with E-state index < -0.39 is 0 Å². The average molecular weight is 546 g/mol. The number of rotatable bonds is 3. The molecular formula is C42H27N. The summed E-state index contributed by atoms with van der Waals surface area (Å²) < 4.78 is 2.39. The van der Waals surface area contributed by atoms with Crippen LogP contribution in [0.25, 0.3) is 82.1 Å². The lowest BCUT2D eigenvalue weighted by molar-refractivity contribution is 1.18. The first kappa shape index (κ1) is 24.0. The Morgan fingerprint density at radius 3 is 1.30 bits per heavy atom. The zero-order chi connectivity index (χ0) is 28.3. The molecule has 1 nitrogen and oxygen atoms in total. The van der Waals surface area contributed by atoms with Crippen molar-refractivity contribution in [1.82, 2.24) is 4.57 Å². The van der Waals surface area contributed by atoms with Gasteiger partial charge in [-0.3, -0.25) is 0 Å². The predicted molar refractivity (Wildman–Crippen MR) is 184 cm³/mol. The molecule has 0 radical (unpaired) electrons. The Hall–Kier alpha value is -5.66. The van der Waals surface area contributed by atoms with Crippen molar-refractivity contribution in [1.29, 1.82) is 0 Å². The predicted octanol–water partition coefficient (Wildman–Crippen LogP) is 11.6. The van der Waals surface area contributed by atoms with Crippen LogP contribution in [0.2, 0.25) is 0 Å².